The van der Waals surface area contributed by atoms with Crippen LogP contribution in [0.1, 0.15) is 6.92 Å². The van der Waals surface area contributed by atoms with Crippen molar-refractivity contribution in [2.24, 2.45) is 0 Å². The molecular formula is C11H11ClFNO2. The third-order valence-electron chi connectivity index (χ3n) is 1.80. The first-order valence-corrected chi connectivity index (χ1v) is 4.95. The van der Waals surface area contributed by atoms with Crippen LogP contribution in [-0.4, -0.2) is 17.6 Å². The zero-order valence-electron chi connectivity index (χ0n) is 8.63. The Morgan fingerprint density at radius 2 is 2.25 bits per heavy atom. The van der Waals surface area contributed by atoms with Crippen molar-refractivity contribution in [2.75, 3.05) is 11.9 Å². The molecule has 0 amide bonds. The van der Waals surface area contributed by atoms with Crippen LogP contribution in [0.4, 0.5) is 10.1 Å². The number of benzene rings is 1. The Morgan fingerprint density at radius 1 is 1.56 bits per heavy atom. The van der Waals surface area contributed by atoms with Crippen LogP contribution >= 0.6 is 11.6 Å². The van der Waals surface area contributed by atoms with Crippen molar-refractivity contribution >= 4 is 23.3 Å². The Kier molecular flexibility index (Phi) is 4.31. The molecule has 5 heteroatoms. The molecule has 0 spiro atoms. The predicted molar refractivity (Wildman–Crippen MR) is 61.3 cm³/mol. The lowest BCUT2D eigenvalue weighted by Gasteiger charge is -2.06. The Balaban J connectivity index is 2.64. The van der Waals surface area contributed by atoms with Gasteiger partial charge in [-0.25, -0.2) is 9.18 Å². The summed E-state index contributed by atoms with van der Waals surface area (Å²) in [6, 6.07) is 4.06. The maximum atomic E-state index is 12.9. The summed E-state index contributed by atoms with van der Waals surface area (Å²) in [6.07, 6.45) is 1.09. The summed E-state index contributed by atoms with van der Waals surface area (Å²) in [5.41, 5.74) is 1.15. The van der Waals surface area contributed by atoms with E-state index in [1.807, 2.05) is 0 Å². The molecule has 0 aliphatic heterocycles. The summed E-state index contributed by atoms with van der Waals surface area (Å²) < 4.78 is 12.9. The normalized spacial score (nSPS) is 11.3. The number of carbonyl (C=O) groups is 1. The van der Waals surface area contributed by atoms with Crippen LogP contribution in [0.3, 0.4) is 0 Å². The van der Waals surface area contributed by atoms with E-state index in [1.165, 1.54) is 12.1 Å². The van der Waals surface area contributed by atoms with E-state index in [9.17, 15) is 9.18 Å². The van der Waals surface area contributed by atoms with E-state index in [1.54, 1.807) is 13.0 Å². The average Bonchev–Trinajstić information content (AvgIpc) is 2.12. The molecule has 0 unspecified atom stereocenters. The molecule has 0 bridgehead atoms. The van der Waals surface area contributed by atoms with Gasteiger partial charge in [0, 0.05) is 23.3 Å². The van der Waals surface area contributed by atoms with Crippen molar-refractivity contribution in [3.8, 4) is 0 Å². The molecule has 0 radical (unpaired) electrons. The Bertz CT molecular complexity index is 412. The first kappa shape index (κ1) is 12.5. The molecule has 0 fully saturated rings. The summed E-state index contributed by atoms with van der Waals surface area (Å²) in [6.45, 7) is 1.99. The first-order chi connectivity index (χ1) is 7.47. The van der Waals surface area contributed by atoms with E-state index < -0.39 is 11.8 Å². The molecule has 0 heterocycles. The minimum Gasteiger partial charge on any atom is -0.478 e. The molecule has 3 nitrogen and oxygen atoms in total. The average molecular weight is 244 g/mol. The summed E-state index contributed by atoms with van der Waals surface area (Å²) >= 11 is 5.66. The monoisotopic (exact) mass is 243 g/mol. The van der Waals surface area contributed by atoms with Crippen molar-refractivity contribution in [3.63, 3.8) is 0 Å². The molecule has 86 valence electrons. The number of anilines is 1. The topological polar surface area (TPSA) is 49.3 Å². The lowest BCUT2D eigenvalue weighted by atomic mass is 10.2. The molecule has 0 saturated carbocycles. The van der Waals surface area contributed by atoms with Gasteiger partial charge in [-0.15, -0.1) is 0 Å². The smallest absolute Gasteiger partial charge is 0.328 e. The van der Waals surface area contributed by atoms with Gasteiger partial charge in [0.2, 0.25) is 0 Å². The number of rotatable bonds is 4. The van der Waals surface area contributed by atoms with Crippen LogP contribution in [0.5, 0.6) is 0 Å². The standard InChI is InChI=1S/C11H11ClFNO2/c1-7(2-11(15)16)6-14-10-4-8(12)3-9(13)5-10/h2-5,14H,6H2,1H3,(H,15,16)/b7-2-. The van der Waals surface area contributed by atoms with Crippen LogP contribution < -0.4 is 5.32 Å². The van der Waals surface area contributed by atoms with E-state index in [-0.39, 0.29) is 0 Å². The fourth-order valence-corrected chi connectivity index (χ4v) is 1.38. The Hall–Kier alpha value is -1.55. The maximum absolute atomic E-state index is 12.9. The third kappa shape index (κ3) is 4.31. The molecule has 1 aromatic carbocycles. The Morgan fingerprint density at radius 3 is 2.81 bits per heavy atom. The third-order valence-corrected chi connectivity index (χ3v) is 2.02. The number of carboxylic acid groups (broad SMARTS) is 1. The molecule has 16 heavy (non-hydrogen) atoms. The highest BCUT2D eigenvalue weighted by Crippen LogP contribution is 2.18. The van der Waals surface area contributed by atoms with Crippen molar-refractivity contribution < 1.29 is 14.3 Å². The van der Waals surface area contributed by atoms with Gasteiger partial charge in [-0.3, -0.25) is 0 Å². The molecule has 0 atom stereocenters. The minimum atomic E-state index is -1.00. The molecular weight excluding hydrogens is 233 g/mol. The van der Waals surface area contributed by atoms with Gasteiger partial charge >= 0.3 is 5.97 Å². The van der Waals surface area contributed by atoms with E-state index in [0.717, 1.165) is 6.08 Å². The largest absolute Gasteiger partial charge is 0.478 e. The molecule has 0 saturated heterocycles. The minimum absolute atomic E-state index is 0.294. The SMILES string of the molecule is C/C(=C/C(=O)O)CNc1cc(F)cc(Cl)c1. The summed E-state index contributed by atoms with van der Waals surface area (Å²) in [5.74, 6) is -1.44. The molecule has 1 aromatic rings. The van der Waals surface area contributed by atoms with Gasteiger partial charge in [0.15, 0.2) is 0 Å². The van der Waals surface area contributed by atoms with Crippen LogP contribution in [0, 0.1) is 5.82 Å². The summed E-state index contributed by atoms with van der Waals surface area (Å²) in [7, 11) is 0. The highest BCUT2D eigenvalue weighted by molar-refractivity contribution is 6.30. The lowest BCUT2D eigenvalue weighted by molar-refractivity contribution is -0.131. The lowest BCUT2D eigenvalue weighted by Crippen LogP contribution is -2.04. The summed E-state index contributed by atoms with van der Waals surface area (Å²) in [4.78, 5) is 10.3. The van der Waals surface area contributed by atoms with Gasteiger partial charge in [-0.05, 0) is 30.7 Å². The van der Waals surface area contributed by atoms with Gasteiger partial charge < -0.3 is 10.4 Å². The molecule has 1 rings (SSSR count). The maximum Gasteiger partial charge on any atom is 0.328 e. The number of hydrogen-bond acceptors (Lipinski definition) is 2. The zero-order chi connectivity index (χ0) is 12.1. The predicted octanol–water partition coefficient (Wildman–Crippen LogP) is 2.92. The fraction of sp³-hybridized carbons (Fsp3) is 0.182. The van der Waals surface area contributed by atoms with E-state index in [2.05, 4.69) is 5.32 Å². The second kappa shape index (κ2) is 5.51. The zero-order valence-corrected chi connectivity index (χ0v) is 9.38. The quantitative estimate of drug-likeness (QED) is 0.800. The van der Waals surface area contributed by atoms with Crippen molar-refractivity contribution in [3.05, 3.63) is 40.7 Å². The second-order valence-electron chi connectivity index (χ2n) is 3.34. The molecule has 2 N–H and O–H groups in total. The number of nitrogens with one attached hydrogen (secondary N) is 1. The van der Waals surface area contributed by atoms with Crippen molar-refractivity contribution in [2.45, 2.75) is 6.92 Å². The second-order valence-corrected chi connectivity index (χ2v) is 3.78. The van der Waals surface area contributed by atoms with E-state index in [0.29, 0.717) is 22.8 Å². The van der Waals surface area contributed by atoms with Gasteiger partial charge in [0.25, 0.3) is 0 Å². The highest BCUT2D eigenvalue weighted by atomic mass is 35.5. The van der Waals surface area contributed by atoms with E-state index >= 15 is 0 Å². The number of hydrogen-bond donors (Lipinski definition) is 2. The van der Waals surface area contributed by atoms with E-state index in [4.69, 9.17) is 16.7 Å². The van der Waals surface area contributed by atoms with Gasteiger partial charge in [0.1, 0.15) is 5.82 Å². The van der Waals surface area contributed by atoms with Crippen LogP contribution in [0.25, 0.3) is 0 Å². The van der Waals surface area contributed by atoms with Gasteiger partial charge in [0.05, 0.1) is 0 Å². The number of carboxylic acids is 1. The number of halogens is 2. The molecule has 0 aromatic heterocycles. The van der Waals surface area contributed by atoms with Gasteiger partial charge in [-0.2, -0.15) is 0 Å². The summed E-state index contributed by atoms with van der Waals surface area (Å²) in [5, 5.41) is 11.7. The van der Waals surface area contributed by atoms with Crippen LogP contribution in [0.15, 0.2) is 29.8 Å². The first-order valence-electron chi connectivity index (χ1n) is 4.57. The van der Waals surface area contributed by atoms with Crippen LogP contribution in [-0.2, 0) is 4.79 Å². The number of aliphatic carboxylic acids is 1. The van der Waals surface area contributed by atoms with Gasteiger partial charge in [-0.1, -0.05) is 11.6 Å². The Labute approximate surface area is 97.5 Å². The highest BCUT2D eigenvalue weighted by Gasteiger charge is 1.99. The van der Waals surface area contributed by atoms with Crippen molar-refractivity contribution in [1.82, 2.24) is 0 Å². The van der Waals surface area contributed by atoms with Crippen LogP contribution in [0.2, 0.25) is 5.02 Å². The van der Waals surface area contributed by atoms with Crippen molar-refractivity contribution in [1.29, 1.82) is 0 Å². The fourth-order valence-electron chi connectivity index (χ4n) is 1.16. The molecule has 0 aliphatic rings. The molecule has 0 aliphatic carbocycles.